The summed E-state index contributed by atoms with van der Waals surface area (Å²) in [6.45, 7) is 10.3. The predicted octanol–water partition coefficient (Wildman–Crippen LogP) is 6.14. The molecule has 0 atom stereocenters. The van der Waals surface area contributed by atoms with E-state index in [9.17, 15) is 5.11 Å². The van der Waals surface area contributed by atoms with E-state index in [0.29, 0.717) is 0 Å². The Morgan fingerprint density at radius 1 is 1.17 bits per heavy atom. The van der Waals surface area contributed by atoms with Crippen LogP contribution in [0.15, 0.2) is 36.9 Å². The van der Waals surface area contributed by atoms with Crippen LogP contribution in [0.2, 0.25) is 0 Å². The number of allylic oxidation sites excluding steroid dienone is 1. The van der Waals surface area contributed by atoms with Crippen LogP contribution < -0.4 is 4.74 Å². The van der Waals surface area contributed by atoms with Crippen molar-refractivity contribution in [2.45, 2.75) is 46.5 Å². The minimum atomic E-state index is 0.272. The van der Waals surface area contributed by atoms with Gasteiger partial charge in [0.05, 0.1) is 12.7 Å². The van der Waals surface area contributed by atoms with Gasteiger partial charge in [0.1, 0.15) is 11.5 Å². The lowest BCUT2D eigenvalue weighted by Gasteiger charge is -2.17. The first-order valence-corrected chi connectivity index (χ1v) is 8.64. The third-order valence-corrected chi connectivity index (χ3v) is 4.33. The molecule has 2 aromatic carbocycles. The van der Waals surface area contributed by atoms with Gasteiger partial charge in [0, 0.05) is 0 Å². The smallest absolute Gasteiger partial charge is 0.130 e. The number of unbranched alkanes of at least 4 members (excludes halogenated alkanes) is 2. The van der Waals surface area contributed by atoms with Crippen LogP contribution in [0.25, 0.3) is 16.7 Å². The van der Waals surface area contributed by atoms with Gasteiger partial charge in [0.15, 0.2) is 0 Å². The van der Waals surface area contributed by atoms with Crippen LogP contribution >= 0.6 is 0 Å². The maximum atomic E-state index is 10.7. The summed E-state index contributed by atoms with van der Waals surface area (Å²) in [5, 5.41) is 10.7. The summed E-state index contributed by atoms with van der Waals surface area (Å²) in [6.07, 6.45) is 4.47. The number of ether oxygens (including phenoxy) is 1. The predicted molar refractivity (Wildman–Crippen MR) is 103 cm³/mol. The molecular formula is C22H28O2. The standard InChI is InChI=1S/C22H28O2/c1-6-7-8-9-17-13-20(23)22(21(14-17)24-5)19-12-16(4)10-11-18(19)15(2)3/h10-14,23H,2,6-9H2,1,3-5H3. The van der Waals surface area contributed by atoms with E-state index >= 15 is 0 Å². The average molecular weight is 324 g/mol. The minimum Gasteiger partial charge on any atom is -0.507 e. The largest absolute Gasteiger partial charge is 0.507 e. The first-order valence-electron chi connectivity index (χ1n) is 8.64. The Morgan fingerprint density at radius 3 is 2.54 bits per heavy atom. The van der Waals surface area contributed by atoms with Gasteiger partial charge in [0.25, 0.3) is 0 Å². The molecule has 0 saturated carbocycles. The lowest BCUT2D eigenvalue weighted by atomic mass is 9.91. The fourth-order valence-electron chi connectivity index (χ4n) is 3.05. The molecule has 2 rings (SSSR count). The number of hydrogen-bond donors (Lipinski definition) is 1. The van der Waals surface area contributed by atoms with Gasteiger partial charge in [-0.25, -0.2) is 0 Å². The lowest BCUT2D eigenvalue weighted by Crippen LogP contribution is -1.96. The summed E-state index contributed by atoms with van der Waals surface area (Å²) in [6, 6.07) is 10.1. The summed E-state index contributed by atoms with van der Waals surface area (Å²) in [5.74, 6) is 0.989. The zero-order valence-corrected chi connectivity index (χ0v) is 15.3. The van der Waals surface area contributed by atoms with Crippen molar-refractivity contribution in [1.29, 1.82) is 0 Å². The van der Waals surface area contributed by atoms with E-state index in [4.69, 9.17) is 4.74 Å². The molecule has 0 aliphatic heterocycles. The number of methoxy groups -OCH3 is 1. The number of benzene rings is 2. The maximum absolute atomic E-state index is 10.7. The summed E-state index contributed by atoms with van der Waals surface area (Å²) < 4.78 is 5.61. The van der Waals surface area contributed by atoms with Crippen molar-refractivity contribution in [3.63, 3.8) is 0 Å². The summed E-state index contributed by atoms with van der Waals surface area (Å²) in [5.41, 5.74) is 5.98. The second kappa shape index (κ2) is 8.05. The monoisotopic (exact) mass is 324 g/mol. The van der Waals surface area contributed by atoms with E-state index in [1.54, 1.807) is 7.11 Å². The van der Waals surface area contributed by atoms with Crippen LogP contribution in [-0.2, 0) is 6.42 Å². The van der Waals surface area contributed by atoms with Crippen molar-refractivity contribution in [2.24, 2.45) is 0 Å². The van der Waals surface area contributed by atoms with Crippen LogP contribution in [0.4, 0.5) is 0 Å². The Balaban J connectivity index is 2.55. The van der Waals surface area contributed by atoms with Crippen molar-refractivity contribution in [3.05, 3.63) is 53.6 Å². The maximum Gasteiger partial charge on any atom is 0.130 e. The number of rotatable bonds is 7. The molecule has 0 aromatic heterocycles. The van der Waals surface area contributed by atoms with Crippen molar-refractivity contribution in [1.82, 2.24) is 0 Å². The van der Waals surface area contributed by atoms with E-state index in [0.717, 1.165) is 52.0 Å². The molecule has 2 nitrogen and oxygen atoms in total. The third kappa shape index (κ3) is 4.00. The van der Waals surface area contributed by atoms with E-state index in [2.05, 4.69) is 37.8 Å². The number of phenolic OH excluding ortho intramolecular Hbond substituents is 1. The van der Waals surface area contributed by atoms with Crippen molar-refractivity contribution in [2.75, 3.05) is 7.11 Å². The summed E-state index contributed by atoms with van der Waals surface area (Å²) >= 11 is 0. The molecule has 0 unspecified atom stereocenters. The molecule has 0 spiro atoms. The number of phenols is 1. The number of aryl methyl sites for hydroxylation is 2. The molecule has 0 aliphatic carbocycles. The first kappa shape index (κ1) is 18.1. The van der Waals surface area contributed by atoms with E-state index in [1.807, 2.05) is 19.9 Å². The Kier molecular flexibility index (Phi) is 6.08. The van der Waals surface area contributed by atoms with Gasteiger partial charge in [-0.3, -0.25) is 0 Å². The SMILES string of the molecule is C=C(C)c1ccc(C)cc1-c1c(O)cc(CCCCC)cc1OC. The Labute approximate surface area is 145 Å². The van der Waals surface area contributed by atoms with Gasteiger partial charge in [-0.15, -0.1) is 0 Å². The average Bonchev–Trinajstić information content (AvgIpc) is 2.54. The molecule has 128 valence electrons. The molecule has 2 aromatic rings. The molecule has 0 bridgehead atoms. The van der Waals surface area contributed by atoms with E-state index in [-0.39, 0.29) is 5.75 Å². The molecule has 0 fully saturated rings. The zero-order valence-electron chi connectivity index (χ0n) is 15.3. The van der Waals surface area contributed by atoms with Gasteiger partial charge in [-0.05, 0) is 55.5 Å². The molecule has 0 heterocycles. The lowest BCUT2D eigenvalue weighted by molar-refractivity contribution is 0.409. The molecule has 1 N–H and O–H groups in total. The fourth-order valence-corrected chi connectivity index (χ4v) is 3.05. The van der Waals surface area contributed by atoms with Crippen LogP contribution in [0.1, 0.15) is 49.8 Å². The zero-order chi connectivity index (χ0) is 17.7. The number of aromatic hydroxyl groups is 1. The normalized spacial score (nSPS) is 10.7. The van der Waals surface area contributed by atoms with Gasteiger partial charge in [-0.2, -0.15) is 0 Å². The number of hydrogen-bond acceptors (Lipinski definition) is 2. The highest BCUT2D eigenvalue weighted by molar-refractivity contribution is 5.86. The molecule has 0 radical (unpaired) electrons. The quantitative estimate of drug-likeness (QED) is 0.620. The van der Waals surface area contributed by atoms with Crippen LogP contribution in [0.5, 0.6) is 11.5 Å². The van der Waals surface area contributed by atoms with E-state index in [1.165, 1.54) is 12.8 Å². The fraction of sp³-hybridized carbons (Fsp3) is 0.364. The van der Waals surface area contributed by atoms with Crippen LogP contribution in [-0.4, -0.2) is 12.2 Å². The molecular weight excluding hydrogens is 296 g/mol. The molecule has 24 heavy (non-hydrogen) atoms. The minimum absolute atomic E-state index is 0.272. The van der Waals surface area contributed by atoms with Crippen molar-refractivity contribution >= 4 is 5.57 Å². The second-order valence-electron chi connectivity index (χ2n) is 6.48. The van der Waals surface area contributed by atoms with Gasteiger partial charge < -0.3 is 9.84 Å². The molecule has 0 amide bonds. The van der Waals surface area contributed by atoms with Gasteiger partial charge in [-0.1, -0.05) is 55.7 Å². The van der Waals surface area contributed by atoms with Crippen molar-refractivity contribution in [3.8, 4) is 22.6 Å². The Hall–Kier alpha value is -2.22. The molecule has 2 heteroatoms. The van der Waals surface area contributed by atoms with Crippen LogP contribution in [0.3, 0.4) is 0 Å². The van der Waals surface area contributed by atoms with Crippen molar-refractivity contribution < 1.29 is 9.84 Å². The Morgan fingerprint density at radius 2 is 1.92 bits per heavy atom. The summed E-state index contributed by atoms with van der Waals surface area (Å²) in [7, 11) is 1.66. The summed E-state index contributed by atoms with van der Waals surface area (Å²) in [4.78, 5) is 0. The topological polar surface area (TPSA) is 29.5 Å². The van der Waals surface area contributed by atoms with Crippen LogP contribution in [0, 0.1) is 6.92 Å². The Bertz CT molecular complexity index is 729. The third-order valence-electron chi connectivity index (χ3n) is 4.33. The molecule has 0 aliphatic rings. The first-order chi connectivity index (χ1) is 11.5. The highest BCUT2D eigenvalue weighted by atomic mass is 16.5. The van der Waals surface area contributed by atoms with Gasteiger partial charge >= 0.3 is 0 Å². The molecule has 0 saturated heterocycles. The highest BCUT2D eigenvalue weighted by Crippen LogP contribution is 2.42. The second-order valence-corrected chi connectivity index (χ2v) is 6.48. The highest BCUT2D eigenvalue weighted by Gasteiger charge is 2.17. The van der Waals surface area contributed by atoms with Gasteiger partial charge in [0.2, 0.25) is 0 Å². The van der Waals surface area contributed by atoms with E-state index < -0.39 is 0 Å².